The second kappa shape index (κ2) is 4.44. The number of aliphatic hydroxyl groups is 1. The number of aromatic nitrogens is 1. The van der Waals surface area contributed by atoms with Crippen molar-refractivity contribution in [1.82, 2.24) is 4.98 Å². The minimum Gasteiger partial charge on any atom is -0.467 e. The summed E-state index contributed by atoms with van der Waals surface area (Å²) < 4.78 is 5.38. The quantitative estimate of drug-likeness (QED) is 0.617. The predicted octanol–water partition coefficient (Wildman–Crippen LogP) is 1.28. The second-order valence-corrected chi connectivity index (χ2v) is 3.74. The standard InChI is InChI=1S/C10H12N2O4/c13-8-4-1-5-9(8)16-10-7(12(14)15)3-2-6-11-10/h2-3,6,8-9,13H,1,4-5H2/t8-,9-/m1/s1. The molecule has 0 bridgehead atoms. The summed E-state index contributed by atoms with van der Waals surface area (Å²) in [6, 6.07) is 2.82. The van der Waals surface area contributed by atoms with E-state index < -0.39 is 11.0 Å². The van der Waals surface area contributed by atoms with Gasteiger partial charge in [-0.1, -0.05) is 0 Å². The summed E-state index contributed by atoms with van der Waals surface area (Å²) in [7, 11) is 0. The fraction of sp³-hybridized carbons (Fsp3) is 0.500. The van der Waals surface area contributed by atoms with E-state index in [9.17, 15) is 15.2 Å². The van der Waals surface area contributed by atoms with Gasteiger partial charge >= 0.3 is 5.69 Å². The van der Waals surface area contributed by atoms with Crippen LogP contribution in [0, 0.1) is 10.1 Å². The lowest BCUT2D eigenvalue weighted by Crippen LogP contribution is -2.26. The van der Waals surface area contributed by atoms with Gasteiger partial charge in [-0.2, -0.15) is 0 Å². The number of nitrogens with zero attached hydrogens (tertiary/aromatic N) is 2. The largest absolute Gasteiger partial charge is 0.467 e. The Kier molecular flexibility index (Phi) is 3.00. The van der Waals surface area contributed by atoms with E-state index in [1.807, 2.05) is 0 Å². The lowest BCUT2D eigenvalue weighted by atomic mass is 10.2. The van der Waals surface area contributed by atoms with Gasteiger partial charge < -0.3 is 9.84 Å². The first-order valence-electron chi connectivity index (χ1n) is 5.12. The summed E-state index contributed by atoms with van der Waals surface area (Å²) in [6.07, 6.45) is 2.74. The van der Waals surface area contributed by atoms with Gasteiger partial charge in [-0.3, -0.25) is 10.1 Å². The van der Waals surface area contributed by atoms with Crippen molar-refractivity contribution in [1.29, 1.82) is 0 Å². The highest BCUT2D eigenvalue weighted by Gasteiger charge is 2.29. The number of rotatable bonds is 3. The van der Waals surface area contributed by atoms with E-state index in [4.69, 9.17) is 4.74 Å². The monoisotopic (exact) mass is 224 g/mol. The van der Waals surface area contributed by atoms with Crippen LogP contribution in [0.25, 0.3) is 0 Å². The lowest BCUT2D eigenvalue weighted by Gasteiger charge is -2.15. The molecule has 2 atom stereocenters. The molecule has 0 aromatic carbocycles. The van der Waals surface area contributed by atoms with E-state index in [0.717, 1.165) is 6.42 Å². The van der Waals surface area contributed by atoms with Crippen LogP contribution in [0.2, 0.25) is 0 Å². The van der Waals surface area contributed by atoms with Gasteiger partial charge in [-0.15, -0.1) is 0 Å². The third kappa shape index (κ3) is 2.11. The van der Waals surface area contributed by atoms with Crippen LogP contribution in [0.1, 0.15) is 19.3 Å². The van der Waals surface area contributed by atoms with Crippen LogP contribution in [0.4, 0.5) is 5.69 Å². The van der Waals surface area contributed by atoms with Crippen LogP contribution >= 0.6 is 0 Å². The highest BCUT2D eigenvalue weighted by Crippen LogP contribution is 2.29. The minimum absolute atomic E-state index is 0.0153. The Morgan fingerprint density at radius 3 is 3.00 bits per heavy atom. The van der Waals surface area contributed by atoms with Crippen molar-refractivity contribution in [2.75, 3.05) is 0 Å². The maximum atomic E-state index is 10.7. The van der Waals surface area contributed by atoms with Crippen LogP contribution in [-0.2, 0) is 0 Å². The zero-order valence-electron chi connectivity index (χ0n) is 8.57. The lowest BCUT2D eigenvalue weighted by molar-refractivity contribution is -0.386. The fourth-order valence-electron chi connectivity index (χ4n) is 1.80. The van der Waals surface area contributed by atoms with Crippen molar-refractivity contribution in [3.63, 3.8) is 0 Å². The zero-order valence-corrected chi connectivity index (χ0v) is 8.57. The first-order chi connectivity index (χ1) is 7.68. The summed E-state index contributed by atoms with van der Waals surface area (Å²) >= 11 is 0. The third-order valence-corrected chi connectivity index (χ3v) is 2.63. The molecular weight excluding hydrogens is 212 g/mol. The summed E-state index contributed by atoms with van der Waals surface area (Å²) in [4.78, 5) is 14.0. The average Bonchev–Trinajstić information content (AvgIpc) is 2.65. The average molecular weight is 224 g/mol. The van der Waals surface area contributed by atoms with Gasteiger partial charge in [-0.05, 0) is 25.3 Å². The smallest absolute Gasteiger partial charge is 0.330 e. The van der Waals surface area contributed by atoms with Crippen LogP contribution in [0.5, 0.6) is 5.88 Å². The van der Waals surface area contributed by atoms with E-state index in [2.05, 4.69) is 4.98 Å². The molecule has 6 nitrogen and oxygen atoms in total. The van der Waals surface area contributed by atoms with E-state index in [1.54, 1.807) is 0 Å². The Hall–Kier alpha value is -1.69. The predicted molar refractivity (Wildman–Crippen MR) is 55.2 cm³/mol. The van der Waals surface area contributed by atoms with E-state index in [1.165, 1.54) is 18.3 Å². The number of aliphatic hydroxyl groups excluding tert-OH is 1. The molecule has 0 spiro atoms. The molecule has 1 heterocycles. The Morgan fingerprint density at radius 1 is 1.56 bits per heavy atom. The van der Waals surface area contributed by atoms with Crippen molar-refractivity contribution >= 4 is 5.69 Å². The molecular formula is C10H12N2O4. The molecule has 16 heavy (non-hydrogen) atoms. The van der Waals surface area contributed by atoms with E-state index in [-0.39, 0.29) is 17.7 Å². The Morgan fingerprint density at radius 2 is 2.38 bits per heavy atom. The van der Waals surface area contributed by atoms with Gasteiger partial charge in [0.15, 0.2) is 0 Å². The van der Waals surface area contributed by atoms with Gasteiger partial charge in [0.2, 0.25) is 0 Å². The first kappa shape index (κ1) is 10.8. The van der Waals surface area contributed by atoms with Gasteiger partial charge in [0.1, 0.15) is 6.10 Å². The third-order valence-electron chi connectivity index (χ3n) is 2.63. The number of nitro groups is 1. The maximum absolute atomic E-state index is 10.7. The summed E-state index contributed by atoms with van der Waals surface area (Å²) in [5, 5.41) is 20.3. The highest BCUT2D eigenvalue weighted by atomic mass is 16.6. The van der Waals surface area contributed by atoms with Crippen molar-refractivity contribution in [3.8, 4) is 5.88 Å². The zero-order chi connectivity index (χ0) is 11.5. The minimum atomic E-state index is -0.554. The van der Waals surface area contributed by atoms with Crippen molar-refractivity contribution in [2.45, 2.75) is 31.5 Å². The number of ether oxygens (including phenoxy) is 1. The normalized spacial score (nSPS) is 24.3. The van der Waals surface area contributed by atoms with Gasteiger partial charge in [0.25, 0.3) is 5.88 Å². The SMILES string of the molecule is O=[N+]([O-])c1cccnc1O[C@@H]1CCC[C@H]1O. The molecule has 1 aliphatic rings. The molecule has 0 unspecified atom stereocenters. The fourth-order valence-corrected chi connectivity index (χ4v) is 1.80. The molecule has 1 fully saturated rings. The second-order valence-electron chi connectivity index (χ2n) is 3.74. The van der Waals surface area contributed by atoms with Crippen LogP contribution in [0.3, 0.4) is 0 Å². The molecule has 0 saturated heterocycles. The molecule has 1 aromatic heterocycles. The van der Waals surface area contributed by atoms with Crippen molar-refractivity contribution in [2.24, 2.45) is 0 Å². The number of hydrogen-bond donors (Lipinski definition) is 1. The van der Waals surface area contributed by atoms with Gasteiger partial charge in [0, 0.05) is 12.3 Å². The van der Waals surface area contributed by atoms with Crippen LogP contribution < -0.4 is 4.74 Å². The highest BCUT2D eigenvalue weighted by molar-refractivity contribution is 5.39. The molecule has 0 aliphatic heterocycles. The van der Waals surface area contributed by atoms with Crippen molar-refractivity contribution in [3.05, 3.63) is 28.4 Å². The summed E-state index contributed by atoms with van der Waals surface area (Å²) in [5.41, 5.74) is -0.165. The van der Waals surface area contributed by atoms with Crippen LogP contribution in [-0.4, -0.2) is 27.2 Å². The van der Waals surface area contributed by atoms with Gasteiger partial charge in [-0.25, -0.2) is 4.98 Å². The molecule has 86 valence electrons. The van der Waals surface area contributed by atoms with Crippen molar-refractivity contribution < 1.29 is 14.8 Å². The molecule has 0 radical (unpaired) electrons. The topological polar surface area (TPSA) is 85.5 Å². The van der Waals surface area contributed by atoms with Gasteiger partial charge in [0.05, 0.1) is 11.0 Å². The molecule has 6 heteroatoms. The van der Waals surface area contributed by atoms with E-state index in [0.29, 0.717) is 12.8 Å². The molecule has 1 saturated carbocycles. The molecule has 1 aliphatic carbocycles. The number of pyridine rings is 1. The molecule has 1 N–H and O–H groups in total. The van der Waals surface area contributed by atoms with Crippen LogP contribution in [0.15, 0.2) is 18.3 Å². The summed E-state index contributed by atoms with van der Waals surface area (Å²) in [6.45, 7) is 0. The Labute approximate surface area is 92.0 Å². The van der Waals surface area contributed by atoms with E-state index >= 15 is 0 Å². The molecule has 1 aromatic rings. The first-order valence-corrected chi connectivity index (χ1v) is 5.12. The molecule has 0 amide bonds. The maximum Gasteiger partial charge on any atom is 0.330 e. The Balaban J connectivity index is 2.17. The number of hydrogen-bond acceptors (Lipinski definition) is 5. The molecule has 2 rings (SSSR count). The summed E-state index contributed by atoms with van der Waals surface area (Å²) in [5.74, 6) is -0.0153. The Bertz CT molecular complexity index is 396.